The Kier molecular flexibility index (Phi) is 7.38. The monoisotopic (exact) mass is 352 g/mol. The number of carbonyl (C=O) groups excluding carboxylic acids is 1. The van der Waals surface area contributed by atoms with Gasteiger partial charge >= 0.3 is 0 Å². The van der Waals surface area contributed by atoms with E-state index in [1.54, 1.807) is 7.11 Å². The second kappa shape index (κ2) is 9.28. The lowest BCUT2D eigenvalue weighted by Crippen LogP contribution is -2.38. The summed E-state index contributed by atoms with van der Waals surface area (Å²) in [6, 6.07) is 8.83. The van der Waals surface area contributed by atoms with Crippen molar-refractivity contribution in [3.8, 4) is 5.75 Å². The van der Waals surface area contributed by atoms with Gasteiger partial charge in [0.05, 0.1) is 13.2 Å². The molecule has 1 aromatic carbocycles. The third-order valence-electron chi connectivity index (χ3n) is 5.16. The van der Waals surface area contributed by atoms with Crippen molar-refractivity contribution in [2.75, 3.05) is 20.2 Å². The lowest BCUT2D eigenvalue weighted by Gasteiger charge is -2.31. The normalized spacial score (nSPS) is 24.1. The van der Waals surface area contributed by atoms with E-state index in [9.17, 15) is 4.79 Å². The van der Waals surface area contributed by atoms with E-state index in [2.05, 4.69) is 22.3 Å². The number of ether oxygens (including phenoxy) is 1. The summed E-state index contributed by atoms with van der Waals surface area (Å²) in [4.78, 5) is 15.0. The summed E-state index contributed by atoms with van der Waals surface area (Å²) in [6.07, 6.45) is 7.58. The quantitative estimate of drug-likeness (QED) is 0.898. The van der Waals surface area contributed by atoms with Crippen molar-refractivity contribution >= 4 is 18.3 Å². The van der Waals surface area contributed by atoms with Gasteiger partial charge in [-0.2, -0.15) is 0 Å². The number of amides is 1. The number of rotatable bonds is 4. The maximum atomic E-state index is 12.9. The summed E-state index contributed by atoms with van der Waals surface area (Å²) in [5, 5.41) is 3.45. The first-order valence-corrected chi connectivity index (χ1v) is 8.95. The minimum atomic E-state index is 0. The van der Waals surface area contributed by atoms with Gasteiger partial charge in [-0.3, -0.25) is 4.79 Å². The number of likely N-dealkylation sites (tertiary alicyclic amines) is 1. The highest BCUT2D eigenvalue weighted by atomic mass is 35.5. The number of carbonyl (C=O) groups is 1. The van der Waals surface area contributed by atoms with Crippen LogP contribution in [0, 0.1) is 0 Å². The number of halogens is 1. The molecular formula is C19H29ClN2O2. The molecule has 1 N–H and O–H groups in total. The number of hydrogen-bond donors (Lipinski definition) is 1. The molecule has 2 aliphatic rings. The van der Waals surface area contributed by atoms with Crippen LogP contribution in [0.5, 0.6) is 5.75 Å². The van der Waals surface area contributed by atoms with Crippen LogP contribution in [0.25, 0.3) is 0 Å². The summed E-state index contributed by atoms with van der Waals surface area (Å²) >= 11 is 0. The molecule has 0 saturated carbocycles. The minimum Gasteiger partial charge on any atom is -0.497 e. The zero-order valence-electron chi connectivity index (χ0n) is 14.5. The fourth-order valence-corrected chi connectivity index (χ4v) is 3.84. The van der Waals surface area contributed by atoms with Crippen LogP contribution in [-0.4, -0.2) is 37.0 Å². The lowest BCUT2D eigenvalue weighted by molar-refractivity contribution is -0.134. The molecule has 134 valence electrons. The highest BCUT2D eigenvalue weighted by molar-refractivity contribution is 5.85. The van der Waals surface area contributed by atoms with Gasteiger partial charge in [0.1, 0.15) is 5.75 Å². The zero-order valence-corrected chi connectivity index (χ0v) is 15.3. The number of hydrogen-bond acceptors (Lipinski definition) is 3. The molecule has 2 aliphatic heterocycles. The molecular weight excluding hydrogens is 324 g/mol. The molecule has 2 unspecified atom stereocenters. The number of nitrogens with one attached hydrogen (secondary N) is 1. The van der Waals surface area contributed by atoms with Gasteiger partial charge in [0.15, 0.2) is 0 Å². The average Bonchev–Trinajstić information content (AvgIpc) is 2.96. The van der Waals surface area contributed by atoms with Crippen molar-refractivity contribution in [2.45, 2.75) is 57.0 Å². The zero-order chi connectivity index (χ0) is 16.1. The summed E-state index contributed by atoms with van der Waals surface area (Å²) in [5.74, 6) is 1.18. The van der Waals surface area contributed by atoms with Crippen molar-refractivity contribution in [3.63, 3.8) is 0 Å². The maximum Gasteiger partial charge on any atom is 0.224 e. The van der Waals surface area contributed by atoms with Crippen LogP contribution in [0.4, 0.5) is 0 Å². The summed E-state index contributed by atoms with van der Waals surface area (Å²) < 4.78 is 5.26. The van der Waals surface area contributed by atoms with E-state index in [1.165, 1.54) is 24.8 Å². The molecule has 1 amide bonds. The van der Waals surface area contributed by atoms with Gasteiger partial charge in [0, 0.05) is 19.0 Å². The Morgan fingerprint density at radius 3 is 2.62 bits per heavy atom. The Balaban J connectivity index is 0.00000208. The molecule has 0 aromatic heterocycles. The molecule has 2 atom stereocenters. The average molecular weight is 353 g/mol. The van der Waals surface area contributed by atoms with Crippen LogP contribution in [0.15, 0.2) is 24.3 Å². The molecule has 1 aromatic rings. The van der Waals surface area contributed by atoms with Crippen LogP contribution in [-0.2, 0) is 4.79 Å². The van der Waals surface area contributed by atoms with Crippen LogP contribution in [0.3, 0.4) is 0 Å². The highest BCUT2D eigenvalue weighted by Crippen LogP contribution is 2.32. The Hall–Kier alpha value is -1.26. The van der Waals surface area contributed by atoms with Crippen molar-refractivity contribution in [3.05, 3.63) is 29.8 Å². The molecule has 0 aliphatic carbocycles. The fourth-order valence-electron chi connectivity index (χ4n) is 3.84. The van der Waals surface area contributed by atoms with Crippen molar-refractivity contribution in [1.82, 2.24) is 10.2 Å². The Morgan fingerprint density at radius 1 is 1.17 bits per heavy atom. The second-order valence-corrected chi connectivity index (χ2v) is 6.72. The molecule has 2 fully saturated rings. The Bertz CT molecular complexity index is 515. The molecule has 3 rings (SSSR count). The van der Waals surface area contributed by atoms with E-state index >= 15 is 0 Å². The third-order valence-corrected chi connectivity index (χ3v) is 5.16. The third kappa shape index (κ3) is 4.64. The first-order chi connectivity index (χ1) is 11.3. The van der Waals surface area contributed by atoms with E-state index in [0.29, 0.717) is 18.4 Å². The summed E-state index contributed by atoms with van der Waals surface area (Å²) in [6.45, 7) is 1.95. The molecule has 0 radical (unpaired) electrons. The van der Waals surface area contributed by atoms with Gasteiger partial charge in [-0.05, 0) is 49.9 Å². The largest absolute Gasteiger partial charge is 0.497 e. The molecule has 24 heavy (non-hydrogen) atoms. The SMILES string of the molecule is COc1ccc(C2CCCCCN2C(=O)CC2CCCN2)cc1.Cl. The van der Waals surface area contributed by atoms with Gasteiger partial charge in [0.25, 0.3) is 0 Å². The van der Waals surface area contributed by atoms with Gasteiger partial charge in [-0.15, -0.1) is 12.4 Å². The van der Waals surface area contributed by atoms with Crippen LogP contribution >= 0.6 is 12.4 Å². The topological polar surface area (TPSA) is 41.6 Å². The molecule has 0 bridgehead atoms. The number of nitrogens with zero attached hydrogens (tertiary/aromatic N) is 1. The smallest absolute Gasteiger partial charge is 0.224 e. The van der Waals surface area contributed by atoms with Crippen LogP contribution in [0.1, 0.15) is 56.6 Å². The van der Waals surface area contributed by atoms with Crippen molar-refractivity contribution < 1.29 is 9.53 Å². The fraction of sp³-hybridized carbons (Fsp3) is 0.632. The predicted molar refractivity (Wildman–Crippen MR) is 98.8 cm³/mol. The second-order valence-electron chi connectivity index (χ2n) is 6.72. The van der Waals surface area contributed by atoms with Gasteiger partial charge in [-0.25, -0.2) is 0 Å². The predicted octanol–water partition coefficient (Wildman–Crippen LogP) is 3.70. The number of benzene rings is 1. The Labute approximate surface area is 151 Å². The first kappa shape index (κ1) is 19.1. The minimum absolute atomic E-state index is 0. The van der Waals surface area contributed by atoms with Crippen LogP contribution < -0.4 is 10.1 Å². The van der Waals surface area contributed by atoms with Crippen molar-refractivity contribution in [2.24, 2.45) is 0 Å². The van der Waals surface area contributed by atoms with E-state index in [1.807, 2.05) is 12.1 Å². The molecule has 0 spiro atoms. The summed E-state index contributed by atoms with van der Waals surface area (Å²) in [5.41, 5.74) is 1.24. The van der Waals surface area contributed by atoms with E-state index in [4.69, 9.17) is 4.74 Å². The molecule has 4 nitrogen and oxygen atoms in total. The summed E-state index contributed by atoms with van der Waals surface area (Å²) in [7, 11) is 1.69. The molecule has 2 heterocycles. The first-order valence-electron chi connectivity index (χ1n) is 8.95. The molecule has 5 heteroatoms. The lowest BCUT2D eigenvalue weighted by atomic mass is 10.00. The number of methoxy groups -OCH3 is 1. The van der Waals surface area contributed by atoms with E-state index < -0.39 is 0 Å². The molecule has 2 saturated heterocycles. The van der Waals surface area contributed by atoms with Gasteiger partial charge in [-0.1, -0.05) is 25.0 Å². The van der Waals surface area contributed by atoms with Gasteiger partial charge < -0.3 is 15.0 Å². The van der Waals surface area contributed by atoms with Crippen LogP contribution in [0.2, 0.25) is 0 Å². The standard InChI is InChI=1S/C19H28N2O2.ClH/c1-23-17-10-8-15(9-11-17)18-7-3-2-4-13-21(18)19(22)14-16-6-5-12-20-16;/h8-11,16,18,20H,2-7,12-14H2,1H3;1H. The van der Waals surface area contributed by atoms with E-state index in [-0.39, 0.29) is 18.4 Å². The van der Waals surface area contributed by atoms with Crippen molar-refractivity contribution in [1.29, 1.82) is 0 Å². The van der Waals surface area contributed by atoms with Gasteiger partial charge in [0.2, 0.25) is 5.91 Å². The van der Waals surface area contributed by atoms with E-state index in [0.717, 1.165) is 38.1 Å². The highest BCUT2D eigenvalue weighted by Gasteiger charge is 2.29. The Morgan fingerprint density at radius 2 is 1.96 bits per heavy atom. The maximum absolute atomic E-state index is 12.9.